The van der Waals surface area contributed by atoms with E-state index in [9.17, 15) is 0 Å². The third-order valence-electron chi connectivity index (χ3n) is 3.77. The predicted molar refractivity (Wildman–Crippen MR) is 71.3 cm³/mol. The molecule has 3 rings (SSSR count). The molecule has 0 saturated heterocycles. The molecular weight excluding hydrogens is 208 g/mol. The van der Waals surface area contributed by atoms with Crippen molar-refractivity contribution in [2.45, 2.75) is 51.5 Å². The van der Waals surface area contributed by atoms with E-state index >= 15 is 0 Å². The summed E-state index contributed by atoms with van der Waals surface area (Å²) in [5.74, 6) is 1.27. The molecule has 1 saturated carbocycles. The Balaban J connectivity index is 2.34. The Hall–Kier alpha value is -1.31. The van der Waals surface area contributed by atoms with Crippen molar-refractivity contribution < 1.29 is 0 Å². The summed E-state index contributed by atoms with van der Waals surface area (Å²) < 4.78 is 2.43. The van der Waals surface area contributed by atoms with Crippen molar-refractivity contribution in [2.75, 3.05) is 0 Å². The molecule has 2 nitrogen and oxygen atoms in total. The number of rotatable bonds is 1. The third-order valence-corrected chi connectivity index (χ3v) is 3.77. The van der Waals surface area contributed by atoms with Crippen molar-refractivity contribution in [3.8, 4) is 0 Å². The summed E-state index contributed by atoms with van der Waals surface area (Å²) in [7, 11) is 0. The first-order valence-electron chi connectivity index (χ1n) is 6.40. The van der Waals surface area contributed by atoms with Crippen LogP contribution >= 0.6 is 0 Å². The number of fused-ring (bicyclic) bond motifs is 1. The van der Waals surface area contributed by atoms with E-state index in [1.807, 2.05) is 0 Å². The zero-order valence-corrected chi connectivity index (χ0v) is 11.1. The maximum absolute atomic E-state index is 4.88. The quantitative estimate of drug-likeness (QED) is 0.725. The Kier molecular flexibility index (Phi) is 1.99. The van der Waals surface area contributed by atoms with Gasteiger partial charge in [-0.15, -0.1) is 0 Å². The van der Waals surface area contributed by atoms with Crippen LogP contribution in [0, 0.1) is 0 Å². The van der Waals surface area contributed by atoms with E-state index in [1.165, 1.54) is 24.2 Å². The summed E-state index contributed by atoms with van der Waals surface area (Å²) in [5.41, 5.74) is 2.80. The molecule has 1 aromatic heterocycles. The molecule has 0 atom stereocenters. The van der Waals surface area contributed by atoms with E-state index in [-0.39, 0.29) is 5.54 Å². The van der Waals surface area contributed by atoms with Gasteiger partial charge in [-0.05, 0) is 45.7 Å². The first-order chi connectivity index (χ1) is 7.92. The van der Waals surface area contributed by atoms with Crippen LogP contribution in [0.15, 0.2) is 24.3 Å². The maximum atomic E-state index is 4.88. The average Bonchev–Trinajstić information content (AvgIpc) is 2.87. The van der Waals surface area contributed by atoms with E-state index in [0.29, 0.717) is 5.41 Å². The van der Waals surface area contributed by atoms with E-state index in [1.54, 1.807) is 0 Å². The van der Waals surface area contributed by atoms with Crippen LogP contribution in [0.2, 0.25) is 0 Å². The van der Waals surface area contributed by atoms with Crippen molar-refractivity contribution in [1.82, 2.24) is 9.55 Å². The van der Waals surface area contributed by atoms with Crippen LogP contribution in [0.3, 0.4) is 0 Å². The van der Waals surface area contributed by atoms with Gasteiger partial charge in [-0.25, -0.2) is 4.98 Å². The molecule has 1 heterocycles. The fourth-order valence-electron chi connectivity index (χ4n) is 2.52. The zero-order valence-electron chi connectivity index (χ0n) is 11.1. The van der Waals surface area contributed by atoms with Gasteiger partial charge in [0.15, 0.2) is 0 Å². The molecule has 1 aliphatic rings. The van der Waals surface area contributed by atoms with Gasteiger partial charge < -0.3 is 4.57 Å². The predicted octanol–water partition coefficient (Wildman–Crippen LogP) is 3.84. The molecule has 0 amide bonds. The Morgan fingerprint density at radius 3 is 2.41 bits per heavy atom. The fourth-order valence-corrected chi connectivity index (χ4v) is 2.52. The molecule has 0 spiro atoms. The first kappa shape index (κ1) is 10.8. The topological polar surface area (TPSA) is 17.8 Å². The van der Waals surface area contributed by atoms with Crippen LogP contribution in [-0.2, 0) is 11.0 Å². The van der Waals surface area contributed by atoms with Gasteiger partial charge in [0.25, 0.3) is 0 Å². The molecule has 0 N–H and O–H groups in total. The SMILES string of the molecule is CC1(c2nc3ccccc3n2C(C)(C)C)CC1. The van der Waals surface area contributed by atoms with E-state index in [0.717, 1.165) is 5.52 Å². The Morgan fingerprint density at radius 2 is 1.82 bits per heavy atom. The number of benzene rings is 1. The molecule has 0 bridgehead atoms. The van der Waals surface area contributed by atoms with Gasteiger partial charge in [0.1, 0.15) is 5.82 Å². The summed E-state index contributed by atoms with van der Waals surface area (Å²) in [6.45, 7) is 9.11. The molecule has 1 fully saturated rings. The summed E-state index contributed by atoms with van der Waals surface area (Å²) in [6.07, 6.45) is 2.54. The molecule has 0 radical (unpaired) electrons. The first-order valence-corrected chi connectivity index (χ1v) is 6.40. The van der Waals surface area contributed by atoms with Crippen LogP contribution in [-0.4, -0.2) is 9.55 Å². The highest BCUT2D eigenvalue weighted by atomic mass is 15.1. The molecule has 0 unspecified atom stereocenters. The van der Waals surface area contributed by atoms with Crippen LogP contribution in [0.5, 0.6) is 0 Å². The molecular formula is C15H20N2. The molecule has 0 aliphatic heterocycles. The lowest BCUT2D eigenvalue weighted by atomic mass is 10.0. The van der Waals surface area contributed by atoms with Gasteiger partial charge in [-0.1, -0.05) is 19.1 Å². The lowest BCUT2D eigenvalue weighted by molar-refractivity contribution is 0.382. The standard InChI is InChI=1S/C15H20N2/c1-14(2,3)17-12-8-6-5-7-11(12)16-13(17)15(4)9-10-15/h5-8H,9-10H2,1-4H3. The monoisotopic (exact) mass is 228 g/mol. The van der Waals surface area contributed by atoms with Crippen molar-refractivity contribution in [3.63, 3.8) is 0 Å². The number of hydrogen-bond donors (Lipinski definition) is 0. The minimum Gasteiger partial charge on any atom is -0.322 e. The minimum atomic E-state index is 0.0943. The van der Waals surface area contributed by atoms with Gasteiger partial charge in [0, 0.05) is 11.0 Å². The molecule has 17 heavy (non-hydrogen) atoms. The molecule has 90 valence electrons. The van der Waals surface area contributed by atoms with Crippen LogP contribution in [0.4, 0.5) is 0 Å². The van der Waals surface area contributed by atoms with Crippen molar-refractivity contribution >= 4 is 11.0 Å². The van der Waals surface area contributed by atoms with Crippen molar-refractivity contribution in [3.05, 3.63) is 30.1 Å². The second-order valence-electron chi connectivity index (χ2n) is 6.49. The third kappa shape index (κ3) is 1.58. The highest BCUT2D eigenvalue weighted by Crippen LogP contribution is 2.48. The smallest absolute Gasteiger partial charge is 0.116 e. The molecule has 2 aromatic rings. The van der Waals surface area contributed by atoms with E-state index < -0.39 is 0 Å². The number of para-hydroxylation sites is 2. The van der Waals surface area contributed by atoms with E-state index in [2.05, 4.69) is 56.5 Å². The molecule has 1 aliphatic carbocycles. The molecule has 1 aromatic carbocycles. The highest BCUT2D eigenvalue weighted by Gasteiger charge is 2.44. The van der Waals surface area contributed by atoms with Gasteiger partial charge in [-0.3, -0.25) is 0 Å². The average molecular weight is 228 g/mol. The van der Waals surface area contributed by atoms with Gasteiger partial charge in [0.05, 0.1) is 11.0 Å². The van der Waals surface area contributed by atoms with Crippen molar-refractivity contribution in [2.24, 2.45) is 0 Å². The fraction of sp³-hybridized carbons (Fsp3) is 0.533. The number of imidazole rings is 1. The van der Waals surface area contributed by atoms with Gasteiger partial charge >= 0.3 is 0 Å². The van der Waals surface area contributed by atoms with Gasteiger partial charge in [0.2, 0.25) is 0 Å². The normalized spacial score (nSPS) is 18.6. The van der Waals surface area contributed by atoms with E-state index in [4.69, 9.17) is 4.98 Å². The Bertz CT molecular complexity index is 568. The second-order valence-corrected chi connectivity index (χ2v) is 6.49. The lowest BCUT2D eigenvalue weighted by Crippen LogP contribution is -2.26. The van der Waals surface area contributed by atoms with Crippen LogP contribution in [0.25, 0.3) is 11.0 Å². The molecule has 2 heteroatoms. The Morgan fingerprint density at radius 1 is 1.18 bits per heavy atom. The number of aromatic nitrogens is 2. The largest absolute Gasteiger partial charge is 0.322 e. The number of nitrogens with zero attached hydrogens (tertiary/aromatic N) is 2. The number of hydrogen-bond acceptors (Lipinski definition) is 1. The minimum absolute atomic E-state index is 0.0943. The summed E-state index contributed by atoms with van der Waals surface area (Å²) in [4.78, 5) is 4.88. The zero-order chi connectivity index (χ0) is 12.3. The van der Waals surface area contributed by atoms with Crippen LogP contribution in [0.1, 0.15) is 46.4 Å². The van der Waals surface area contributed by atoms with Gasteiger partial charge in [-0.2, -0.15) is 0 Å². The second kappa shape index (κ2) is 3.12. The lowest BCUT2D eigenvalue weighted by Gasteiger charge is -2.26. The maximum Gasteiger partial charge on any atom is 0.116 e. The summed E-state index contributed by atoms with van der Waals surface area (Å²) in [6, 6.07) is 8.47. The van der Waals surface area contributed by atoms with Crippen LogP contribution < -0.4 is 0 Å². The summed E-state index contributed by atoms with van der Waals surface area (Å²) >= 11 is 0. The highest BCUT2D eigenvalue weighted by molar-refractivity contribution is 5.76. The van der Waals surface area contributed by atoms with Crippen molar-refractivity contribution in [1.29, 1.82) is 0 Å². The Labute approximate surface area is 103 Å². The summed E-state index contributed by atoms with van der Waals surface area (Å²) in [5, 5.41) is 0.